The molecule has 0 saturated heterocycles. The zero-order chi connectivity index (χ0) is 10.1. The highest BCUT2D eigenvalue weighted by atomic mass is 35.5. The molecule has 0 saturated carbocycles. The summed E-state index contributed by atoms with van der Waals surface area (Å²) < 4.78 is 38.8. The first-order valence-electron chi connectivity index (χ1n) is 3.44. The summed E-state index contributed by atoms with van der Waals surface area (Å²) in [5.74, 6) is -0.594. The van der Waals surface area contributed by atoms with Crippen LogP contribution in [0.25, 0.3) is 0 Å². The fourth-order valence-electron chi connectivity index (χ4n) is 0.923. The SMILES string of the molecule is FC(F)(F)OC1=NCC(CCl)C1Cl. The van der Waals surface area contributed by atoms with Crippen molar-refractivity contribution in [2.45, 2.75) is 11.7 Å². The molecule has 13 heavy (non-hydrogen) atoms. The van der Waals surface area contributed by atoms with Gasteiger partial charge in [-0.15, -0.1) is 36.4 Å². The average molecular weight is 236 g/mol. The molecule has 1 aliphatic rings. The van der Waals surface area contributed by atoms with Crippen molar-refractivity contribution in [1.29, 1.82) is 0 Å². The molecule has 0 N–H and O–H groups in total. The Morgan fingerprint density at radius 1 is 1.54 bits per heavy atom. The molecular formula is C6H6Cl2F3NO. The van der Waals surface area contributed by atoms with Crippen molar-refractivity contribution >= 4 is 29.1 Å². The molecule has 0 amide bonds. The van der Waals surface area contributed by atoms with E-state index in [4.69, 9.17) is 23.2 Å². The van der Waals surface area contributed by atoms with E-state index in [2.05, 4.69) is 9.73 Å². The molecule has 0 aliphatic carbocycles. The molecule has 0 radical (unpaired) electrons. The van der Waals surface area contributed by atoms with E-state index in [9.17, 15) is 13.2 Å². The van der Waals surface area contributed by atoms with Crippen LogP contribution in [0.1, 0.15) is 0 Å². The first-order chi connectivity index (χ1) is 5.94. The quantitative estimate of drug-likeness (QED) is 0.640. The summed E-state index contributed by atoms with van der Waals surface area (Å²) in [4.78, 5) is 3.51. The molecule has 0 fully saturated rings. The summed E-state index contributed by atoms with van der Waals surface area (Å²) in [6.07, 6.45) is -4.73. The van der Waals surface area contributed by atoms with Crippen molar-refractivity contribution in [3.05, 3.63) is 0 Å². The van der Waals surface area contributed by atoms with Gasteiger partial charge < -0.3 is 4.74 Å². The summed E-state index contributed by atoms with van der Waals surface area (Å²) in [6.45, 7) is 0.184. The van der Waals surface area contributed by atoms with Crippen molar-refractivity contribution in [2.24, 2.45) is 10.9 Å². The second kappa shape index (κ2) is 3.92. The van der Waals surface area contributed by atoms with Crippen LogP contribution in [0.15, 0.2) is 4.99 Å². The Labute approximate surface area is 82.7 Å². The lowest BCUT2D eigenvalue weighted by atomic mass is 10.1. The van der Waals surface area contributed by atoms with Crippen molar-refractivity contribution in [1.82, 2.24) is 0 Å². The van der Waals surface area contributed by atoms with Crippen LogP contribution in [0.2, 0.25) is 0 Å². The van der Waals surface area contributed by atoms with E-state index in [0.717, 1.165) is 0 Å². The summed E-state index contributed by atoms with van der Waals surface area (Å²) >= 11 is 11.1. The third-order valence-corrected chi connectivity index (χ3v) is 2.49. The lowest BCUT2D eigenvalue weighted by Crippen LogP contribution is -2.28. The zero-order valence-corrected chi connectivity index (χ0v) is 7.83. The van der Waals surface area contributed by atoms with E-state index in [-0.39, 0.29) is 18.3 Å². The van der Waals surface area contributed by atoms with Crippen LogP contribution < -0.4 is 0 Å². The van der Waals surface area contributed by atoms with Gasteiger partial charge in [-0.25, -0.2) is 0 Å². The van der Waals surface area contributed by atoms with E-state index in [0.29, 0.717) is 0 Å². The molecule has 1 rings (SSSR count). The standard InChI is InChI=1S/C6H6Cl2F3NO/c7-1-3-2-12-5(4(3)8)13-6(9,10)11/h3-4H,1-2H2. The van der Waals surface area contributed by atoms with Gasteiger partial charge in [0.2, 0.25) is 5.90 Å². The normalized spacial score (nSPS) is 28.8. The first-order valence-corrected chi connectivity index (χ1v) is 4.41. The van der Waals surface area contributed by atoms with Crippen LogP contribution in [0.4, 0.5) is 13.2 Å². The van der Waals surface area contributed by atoms with E-state index in [1.165, 1.54) is 0 Å². The lowest BCUT2D eigenvalue weighted by Gasteiger charge is -2.13. The second-order valence-electron chi connectivity index (χ2n) is 2.54. The van der Waals surface area contributed by atoms with Crippen molar-refractivity contribution < 1.29 is 17.9 Å². The lowest BCUT2D eigenvalue weighted by molar-refractivity contribution is -0.284. The summed E-state index contributed by atoms with van der Waals surface area (Å²) in [7, 11) is 0. The number of aliphatic imine (C=N–C) groups is 1. The maximum atomic E-state index is 11.7. The number of halogens is 5. The largest absolute Gasteiger partial charge is 0.574 e. The minimum atomic E-state index is -4.73. The topological polar surface area (TPSA) is 21.6 Å². The monoisotopic (exact) mass is 235 g/mol. The van der Waals surface area contributed by atoms with Gasteiger partial charge in [-0.05, 0) is 0 Å². The van der Waals surface area contributed by atoms with Crippen molar-refractivity contribution in [2.75, 3.05) is 12.4 Å². The van der Waals surface area contributed by atoms with E-state index < -0.39 is 17.6 Å². The van der Waals surface area contributed by atoms with Crippen LogP contribution in [0.3, 0.4) is 0 Å². The average Bonchev–Trinajstić information content (AvgIpc) is 2.30. The minimum absolute atomic E-state index is 0.169. The Hall–Kier alpha value is -0.160. The summed E-state index contributed by atoms with van der Waals surface area (Å²) in [5.41, 5.74) is 0. The van der Waals surface area contributed by atoms with Gasteiger partial charge in [-0.1, -0.05) is 0 Å². The van der Waals surface area contributed by atoms with Gasteiger partial charge in [0.15, 0.2) is 0 Å². The van der Waals surface area contributed by atoms with E-state index in [1.807, 2.05) is 0 Å². The second-order valence-corrected chi connectivity index (χ2v) is 3.32. The number of hydrogen-bond donors (Lipinski definition) is 0. The predicted octanol–water partition coefficient (Wildman–Crippen LogP) is 2.40. The molecule has 2 nitrogen and oxygen atoms in total. The molecule has 0 spiro atoms. The molecule has 76 valence electrons. The molecule has 1 heterocycles. The molecule has 1 aliphatic heterocycles. The fraction of sp³-hybridized carbons (Fsp3) is 0.833. The summed E-state index contributed by atoms with van der Waals surface area (Å²) in [6, 6.07) is 0. The Balaban J connectivity index is 2.54. The van der Waals surface area contributed by atoms with Gasteiger partial charge in [0.05, 0.1) is 0 Å². The molecule has 0 aromatic rings. The van der Waals surface area contributed by atoms with Crippen LogP contribution in [-0.4, -0.2) is 30.1 Å². The first kappa shape index (κ1) is 10.9. The summed E-state index contributed by atoms with van der Waals surface area (Å²) in [5, 5.41) is -0.876. The highest BCUT2D eigenvalue weighted by molar-refractivity contribution is 6.32. The van der Waals surface area contributed by atoms with E-state index in [1.54, 1.807) is 0 Å². The number of hydrogen-bond acceptors (Lipinski definition) is 2. The number of alkyl halides is 5. The van der Waals surface area contributed by atoms with Crippen molar-refractivity contribution in [3.63, 3.8) is 0 Å². The van der Waals surface area contributed by atoms with Crippen molar-refractivity contribution in [3.8, 4) is 0 Å². The Kier molecular flexibility index (Phi) is 3.29. The maximum Gasteiger partial charge on any atom is 0.574 e. The highest BCUT2D eigenvalue weighted by Crippen LogP contribution is 2.27. The van der Waals surface area contributed by atoms with Crippen LogP contribution in [0.5, 0.6) is 0 Å². The molecule has 7 heteroatoms. The molecule has 2 unspecified atom stereocenters. The Bertz CT molecular complexity index is 218. The fourth-order valence-corrected chi connectivity index (χ4v) is 1.57. The number of rotatable bonds is 1. The molecular weight excluding hydrogens is 230 g/mol. The number of ether oxygens (including phenoxy) is 1. The predicted molar refractivity (Wildman–Crippen MR) is 43.3 cm³/mol. The Morgan fingerprint density at radius 2 is 2.15 bits per heavy atom. The van der Waals surface area contributed by atoms with Crippen LogP contribution in [0, 0.1) is 5.92 Å². The van der Waals surface area contributed by atoms with Gasteiger partial charge in [-0.2, -0.15) is 0 Å². The van der Waals surface area contributed by atoms with Gasteiger partial charge in [0, 0.05) is 18.3 Å². The minimum Gasteiger partial charge on any atom is -0.391 e. The smallest absolute Gasteiger partial charge is 0.391 e. The van der Waals surface area contributed by atoms with E-state index >= 15 is 0 Å². The Morgan fingerprint density at radius 3 is 2.54 bits per heavy atom. The van der Waals surface area contributed by atoms with Gasteiger partial charge in [0.1, 0.15) is 5.38 Å². The molecule has 0 aromatic heterocycles. The highest BCUT2D eigenvalue weighted by Gasteiger charge is 2.39. The van der Waals surface area contributed by atoms with Crippen LogP contribution >= 0.6 is 23.2 Å². The molecule has 0 bridgehead atoms. The number of nitrogens with zero attached hydrogens (tertiary/aromatic N) is 1. The zero-order valence-electron chi connectivity index (χ0n) is 6.31. The third-order valence-electron chi connectivity index (χ3n) is 1.55. The molecule has 0 aromatic carbocycles. The van der Waals surface area contributed by atoms with Gasteiger partial charge in [0.25, 0.3) is 0 Å². The maximum absolute atomic E-state index is 11.7. The van der Waals surface area contributed by atoms with Crippen LogP contribution in [-0.2, 0) is 4.74 Å². The molecule has 2 atom stereocenters. The van der Waals surface area contributed by atoms with Gasteiger partial charge in [-0.3, -0.25) is 4.99 Å². The van der Waals surface area contributed by atoms with Gasteiger partial charge >= 0.3 is 6.36 Å². The third kappa shape index (κ3) is 2.91.